The summed E-state index contributed by atoms with van der Waals surface area (Å²) in [6, 6.07) is 27.9. The Bertz CT molecular complexity index is 1550. The number of carbonyl (C=O) groups excluding carboxylic acids is 1. The van der Waals surface area contributed by atoms with Crippen molar-refractivity contribution in [1.29, 1.82) is 0 Å². The zero-order valence-corrected chi connectivity index (χ0v) is 18.1. The molecule has 160 valence electrons. The standard InChI is InChI=1S/C29H21FN2O/c1-17(33)31-22-10-11-24-21(15-22)16-26-25-13-12-23(27(30)29(25)32-28(24)26)20-9-5-8-19(14-20)18-6-3-2-4-7-18/h2-15,32H,16H2,1H3,(H,31,33). The van der Waals surface area contributed by atoms with Crippen LogP contribution in [0.3, 0.4) is 0 Å². The number of hydrogen-bond acceptors (Lipinski definition) is 1. The van der Waals surface area contributed by atoms with Crippen LogP contribution in [0.4, 0.5) is 10.1 Å². The molecule has 0 fully saturated rings. The molecule has 5 aromatic rings. The molecule has 4 heteroatoms. The fourth-order valence-electron chi connectivity index (χ4n) is 4.87. The molecule has 0 spiro atoms. The summed E-state index contributed by atoms with van der Waals surface area (Å²) in [5, 5.41) is 3.74. The van der Waals surface area contributed by atoms with E-state index >= 15 is 4.39 Å². The molecule has 1 heterocycles. The molecular weight excluding hydrogens is 411 g/mol. The Kier molecular flexibility index (Phi) is 4.40. The molecule has 0 bridgehead atoms. The average molecular weight is 432 g/mol. The molecule has 0 aliphatic heterocycles. The summed E-state index contributed by atoms with van der Waals surface area (Å²) < 4.78 is 15.7. The topological polar surface area (TPSA) is 44.9 Å². The van der Waals surface area contributed by atoms with Crippen molar-refractivity contribution in [3.05, 3.63) is 102 Å². The number of anilines is 1. The zero-order chi connectivity index (χ0) is 22.5. The smallest absolute Gasteiger partial charge is 0.221 e. The van der Waals surface area contributed by atoms with E-state index in [2.05, 4.69) is 22.4 Å². The van der Waals surface area contributed by atoms with Crippen LogP contribution >= 0.6 is 0 Å². The number of amides is 1. The van der Waals surface area contributed by atoms with Crippen LogP contribution in [-0.2, 0) is 11.2 Å². The van der Waals surface area contributed by atoms with E-state index in [1.165, 1.54) is 6.92 Å². The molecule has 4 aromatic carbocycles. The highest BCUT2D eigenvalue weighted by Crippen LogP contribution is 2.43. The molecule has 0 radical (unpaired) electrons. The van der Waals surface area contributed by atoms with Gasteiger partial charge in [-0.15, -0.1) is 0 Å². The second-order valence-electron chi connectivity index (χ2n) is 8.50. The van der Waals surface area contributed by atoms with Gasteiger partial charge in [-0.3, -0.25) is 4.79 Å². The number of halogens is 1. The third kappa shape index (κ3) is 3.23. The van der Waals surface area contributed by atoms with Gasteiger partial charge in [0.2, 0.25) is 5.91 Å². The number of rotatable bonds is 3. The monoisotopic (exact) mass is 432 g/mol. The minimum atomic E-state index is -0.233. The van der Waals surface area contributed by atoms with Gasteiger partial charge < -0.3 is 10.3 Å². The molecule has 1 aliphatic carbocycles. The van der Waals surface area contributed by atoms with Gasteiger partial charge >= 0.3 is 0 Å². The first-order valence-corrected chi connectivity index (χ1v) is 11.0. The number of nitrogens with one attached hydrogen (secondary N) is 2. The maximum atomic E-state index is 15.7. The number of hydrogen-bond donors (Lipinski definition) is 2. The van der Waals surface area contributed by atoms with Crippen LogP contribution in [0, 0.1) is 5.82 Å². The van der Waals surface area contributed by atoms with Crippen LogP contribution in [-0.4, -0.2) is 10.9 Å². The zero-order valence-electron chi connectivity index (χ0n) is 18.1. The third-order valence-corrected chi connectivity index (χ3v) is 6.36. The molecule has 1 amide bonds. The lowest BCUT2D eigenvalue weighted by Crippen LogP contribution is -2.05. The number of aromatic amines is 1. The van der Waals surface area contributed by atoms with Crippen molar-refractivity contribution in [3.8, 4) is 33.5 Å². The maximum absolute atomic E-state index is 15.7. The summed E-state index contributed by atoms with van der Waals surface area (Å²) in [6.07, 6.45) is 0.709. The number of benzene rings is 4. The predicted molar refractivity (Wildman–Crippen MR) is 132 cm³/mol. The summed E-state index contributed by atoms with van der Waals surface area (Å²) in [5.41, 5.74) is 9.17. The van der Waals surface area contributed by atoms with Crippen LogP contribution in [0.15, 0.2) is 84.9 Å². The molecule has 3 nitrogen and oxygen atoms in total. The van der Waals surface area contributed by atoms with E-state index in [0.717, 1.165) is 50.1 Å². The first-order valence-electron chi connectivity index (χ1n) is 11.0. The van der Waals surface area contributed by atoms with E-state index in [4.69, 9.17) is 0 Å². The van der Waals surface area contributed by atoms with E-state index in [1.54, 1.807) is 0 Å². The van der Waals surface area contributed by atoms with Crippen molar-refractivity contribution < 1.29 is 9.18 Å². The van der Waals surface area contributed by atoms with Crippen molar-refractivity contribution in [1.82, 2.24) is 4.98 Å². The second kappa shape index (κ2) is 7.45. The van der Waals surface area contributed by atoms with Crippen LogP contribution < -0.4 is 5.32 Å². The van der Waals surface area contributed by atoms with Crippen molar-refractivity contribution >= 4 is 22.5 Å². The SMILES string of the molecule is CC(=O)Nc1ccc2c(c1)Cc1c-2[nH]c2c(F)c(-c3cccc(-c4ccccc4)c3)ccc12. The summed E-state index contributed by atoms with van der Waals surface area (Å²) in [5.74, 6) is -0.327. The van der Waals surface area contributed by atoms with Crippen molar-refractivity contribution in [2.24, 2.45) is 0 Å². The lowest BCUT2D eigenvalue weighted by Gasteiger charge is -2.09. The lowest BCUT2D eigenvalue weighted by atomic mass is 9.97. The Morgan fingerprint density at radius 3 is 2.42 bits per heavy atom. The molecule has 1 aromatic heterocycles. The molecular formula is C29H21FN2O. The van der Waals surface area contributed by atoms with Crippen molar-refractivity contribution in [2.75, 3.05) is 5.32 Å². The third-order valence-electron chi connectivity index (χ3n) is 6.36. The predicted octanol–water partition coefficient (Wildman–Crippen LogP) is 7.17. The summed E-state index contributed by atoms with van der Waals surface area (Å²) in [6.45, 7) is 1.50. The van der Waals surface area contributed by atoms with Gasteiger partial charge in [0, 0.05) is 35.5 Å². The minimum Gasteiger partial charge on any atom is -0.352 e. The number of carbonyl (C=O) groups is 1. The van der Waals surface area contributed by atoms with E-state index in [9.17, 15) is 4.79 Å². The molecule has 33 heavy (non-hydrogen) atoms. The first-order chi connectivity index (χ1) is 16.1. The lowest BCUT2D eigenvalue weighted by molar-refractivity contribution is -0.114. The maximum Gasteiger partial charge on any atom is 0.221 e. The number of H-pyrrole nitrogens is 1. The summed E-state index contributed by atoms with van der Waals surface area (Å²) in [4.78, 5) is 14.7. The highest BCUT2D eigenvalue weighted by atomic mass is 19.1. The number of aromatic nitrogens is 1. The highest BCUT2D eigenvalue weighted by molar-refractivity contribution is 5.98. The molecule has 0 saturated heterocycles. The van der Waals surface area contributed by atoms with E-state index < -0.39 is 0 Å². The molecule has 2 N–H and O–H groups in total. The van der Waals surface area contributed by atoms with Gasteiger partial charge in [-0.2, -0.15) is 0 Å². The van der Waals surface area contributed by atoms with Gasteiger partial charge in [-0.05, 0) is 46.0 Å². The Morgan fingerprint density at radius 1 is 0.848 bits per heavy atom. The Balaban J connectivity index is 1.43. The minimum absolute atomic E-state index is 0.0946. The fraction of sp³-hybridized carbons (Fsp3) is 0.0690. The average Bonchev–Trinajstić information content (AvgIpc) is 3.36. The first kappa shape index (κ1) is 19.5. The van der Waals surface area contributed by atoms with Crippen LogP contribution in [0.5, 0.6) is 0 Å². The Labute approximate surface area is 190 Å². The van der Waals surface area contributed by atoms with Gasteiger partial charge in [0.05, 0.1) is 11.2 Å². The van der Waals surface area contributed by atoms with Gasteiger partial charge in [0.25, 0.3) is 0 Å². The van der Waals surface area contributed by atoms with E-state index in [1.807, 2.05) is 72.8 Å². The van der Waals surface area contributed by atoms with Crippen LogP contribution in [0.25, 0.3) is 44.4 Å². The Hall–Kier alpha value is -4.18. The summed E-state index contributed by atoms with van der Waals surface area (Å²) in [7, 11) is 0. The van der Waals surface area contributed by atoms with Gasteiger partial charge in [0.1, 0.15) is 0 Å². The largest absolute Gasteiger partial charge is 0.352 e. The molecule has 0 unspecified atom stereocenters. The van der Waals surface area contributed by atoms with Crippen LogP contribution in [0.1, 0.15) is 18.1 Å². The van der Waals surface area contributed by atoms with E-state index in [-0.39, 0.29) is 11.7 Å². The molecule has 6 rings (SSSR count). The fourth-order valence-corrected chi connectivity index (χ4v) is 4.87. The molecule has 0 saturated carbocycles. The van der Waals surface area contributed by atoms with Gasteiger partial charge in [-0.1, -0.05) is 66.7 Å². The van der Waals surface area contributed by atoms with Crippen LogP contribution in [0.2, 0.25) is 0 Å². The van der Waals surface area contributed by atoms with Gasteiger partial charge in [-0.25, -0.2) is 4.39 Å². The Morgan fingerprint density at radius 2 is 1.61 bits per heavy atom. The summed E-state index contributed by atoms with van der Waals surface area (Å²) >= 11 is 0. The highest BCUT2D eigenvalue weighted by Gasteiger charge is 2.25. The van der Waals surface area contributed by atoms with Gasteiger partial charge in [0.15, 0.2) is 5.82 Å². The normalized spacial score (nSPS) is 11.9. The molecule has 1 aliphatic rings. The quantitative estimate of drug-likeness (QED) is 0.306. The number of fused-ring (bicyclic) bond motifs is 5. The molecule has 0 atom stereocenters. The van der Waals surface area contributed by atoms with E-state index in [0.29, 0.717) is 17.5 Å². The van der Waals surface area contributed by atoms with Crippen molar-refractivity contribution in [2.45, 2.75) is 13.3 Å². The van der Waals surface area contributed by atoms with Crippen molar-refractivity contribution in [3.63, 3.8) is 0 Å². The second-order valence-corrected chi connectivity index (χ2v) is 8.50.